The first kappa shape index (κ1) is 15.3. The van der Waals surface area contributed by atoms with E-state index in [1.165, 1.54) is 7.11 Å². The molecule has 0 aromatic heterocycles. The van der Waals surface area contributed by atoms with Crippen LogP contribution in [-0.2, 0) is 9.53 Å². The smallest absolute Gasteiger partial charge is 0.347 e. The molecule has 102 valence electrons. The third-order valence-electron chi connectivity index (χ3n) is 2.64. The summed E-state index contributed by atoms with van der Waals surface area (Å²) < 4.78 is 10.3. The Labute approximate surface area is 117 Å². The van der Waals surface area contributed by atoms with Gasteiger partial charge in [-0.3, -0.25) is 0 Å². The minimum atomic E-state index is -0.712. The molecule has 0 bridgehead atoms. The van der Waals surface area contributed by atoms with Crippen molar-refractivity contribution in [3.8, 4) is 11.8 Å². The first-order valence-corrected chi connectivity index (χ1v) is 6.44. The van der Waals surface area contributed by atoms with Crippen LogP contribution in [0.4, 0.5) is 0 Å². The number of nitrogens with zero attached hydrogens (tertiary/aromatic N) is 1. The first-order valence-electron chi connectivity index (χ1n) is 6.07. The predicted octanol–water partition coefficient (Wildman–Crippen LogP) is 3.32. The summed E-state index contributed by atoms with van der Waals surface area (Å²) in [5.41, 5.74) is 0.231. The largest absolute Gasteiger partial charge is 0.477 e. The number of carbonyl (C=O) groups excluding carboxylic acids is 1. The summed E-state index contributed by atoms with van der Waals surface area (Å²) in [4.78, 5) is 11.6. The molecular weight excluding hydrogens is 266 g/mol. The zero-order valence-corrected chi connectivity index (χ0v) is 11.7. The highest BCUT2D eigenvalue weighted by Crippen LogP contribution is 2.27. The summed E-state index contributed by atoms with van der Waals surface area (Å²) in [6.07, 6.45) is 1.61. The lowest BCUT2D eigenvalue weighted by Gasteiger charge is -2.17. The molecular formula is C14H16ClNO3. The van der Waals surface area contributed by atoms with Crippen LogP contribution in [0.15, 0.2) is 18.2 Å². The van der Waals surface area contributed by atoms with Gasteiger partial charge in [0.15, 0.2) is 6.10 Å². The number of ether oxygens (including phenoxy) is 2. The second-order valence-corrected chi connectivity index (χ2v) is 4.40. The maximum absolute atomic E-state index is 11.6. The van der Waals surface area contributed by atoms with Crippen LogP contribution in [0.3, 0.4) is 0 Å². The van der Waals surface area contributed by atoms with Gasteiger partial charge in [-0.15, -0.1) is 0 Å². The molecule has 0 aliphatic rings. The lowest BCUT2D eigenvalue weighted by molar-refractivity contribution is -0.149. The summed E-state index contributed by atoms with van der Waals surface area (Å²) in [5, 5.41) is 9.36. The molecule has 1 aromatic carbocycles. The number of hydrogen-bond donors (Lipinski definition) is 0. The van der Waals surface area contributed by atoms with Crippen LogP contribution in [0.2, 0.25) is 5.02 Å². The Hall–Kier alpha value is -1.73. The molecule has 1 unspecified atom stereocenters. The SMILES string of the molecule is CCCCC(Oc1cccc(Cl)c1C#N)C(=O)OC. The lowest BCUT2D eigenvalue weighted by atomic mass is 10.1. The minimum absolute atomic E-state index is 0.231. The van der Waals surface area contributed by atoms with E-state index in [1.54, 1.807) is 18.2 Å². The topological polar surface area (TPSA) is 59.3 Å². The molecule has 0 amide bonds. The molecule has 4 nitrogen and oxygen atoms in total. The molecule has 0 aliphatic carbocycles. The van der Waals surface area contributed by atoms with Crippen LogP contribution < -0.4 is 4.74 Å². The van der Waals surface area contributed by atoms with Crippen LogP contribution in [0.25, 0.3) is 0 Å². The zero-order valence-electron chi connectivity index (χ0n) is 11.0. The van der Waals surface area contributed by atoms with Gasteiger partial charge in [-0.05, 0) is 25.0 Å². The molecule has 5 heteroatoms. The van der Waals surface area contributed by atoms with Crippen LogP contribution in [-0.4, -0.2) is 19.2 Å². The summed E-state index contributed by atoms with van der Waals surface area (Å²) in [6.45, 7) is 2.02. The number of halogens is 1. The Morgan fingerprint density at radius 1 is 1.53 bits per heavy atom. The molecule has 0 spiro atoms. The van der Waals surface area contributed by atoms with E-state index in [1.807, 2.05) is 13.0 Å². The third-order valence-corrected chi connectivity index (χ3v) is 2.96. The highest BCUT2D eigenvalue weighted by Gasteiger charge is 2.22. The van der Waals surface area contributed by atoms with Crippen molar-refractivity contribution in [1.82, 2.24) is 0 Å². The number of rotatable bonds is 6. The van der Waals surface area contributed by atoms with Crippen molar-refractivity contribution in [1.29, 1.82) is 5.26 Å². The third kappa shape index (κ3) is 4.15. The Balaban J connectivity index is 2.93. The zero-order chi connectivity index (χ0) is 14.3. The summed E-state index contributed by atoms with van der Waals surface area (Å²) in [7, 11) is 1.31. The molecule has 0 saturated carbocycles. The van der Waals surface area contributed by atoms with Crippen LogP contribution >= 0.6 is 11.6 Å². The molecule has 0 fully saturated rings. The van der Waals surface area contributed by atoms with Gasteiger partial charge in [-0.1, -0.05) is 31.0 Å². The standard InChI is InChI=1S/C14H16ClNO3/c1-3-4-7-13(14(17)18-2)19-12-8-5-6-11(15)10(12)9-16/h5-6,8,13H,3-4,7H2,1-2H3. The molecule has 0 radical (unpaired) electrons. The Morgan fingerprint density at radius 2 is 2.26 bits per heavy atom. The van der Waals surface area contributed by atoms with E-state index in [0.717, 1.165) is 12.8 Å². The van der Waals surface area contributed by atoms with E-state index in [9.17, 15) is 4.79 Å². The van der Waals surface area contributed by atoms with Crippen molar-refractivity contribution in [2.75, 3.05) is 7.11 Å². The normalized spacial score (nSPS) is 11.5. The molecule has 1 atom stereocenters. The number of nitriles is 1. The maximum Gasteiger partial charge on any atom is 0.347 e. The van der Waals surface area contributed by atoms with Gasteiger partial charge >= 0.3 is 5.97 Å². The summed E-state index contributed by atoms with van der Waals surface area (Å²) >= 11 is 5.91. The summed E-state index contributed by atoms with van der Waals surface area (Å²) in [6, 6.07) is 6.87. The second kappa shape index (κ2) is 7.65. The molecule has 0 heterocycles. The average Bonchev–Trinajstić information content (AvgIpc) is 2.42. The number of benzene rings is 1. The number of unbranched alkanes of at least 4 members (excludes halogenated alkanes) is 1. The van der Waals surface area contributed by atoms with Crippen molar-refractivity contribution in [2.45, 2.75) is 32.3 Å². The van der Waals surface area contributed by atoms with E-state index in [0.29, 0.717) is 17.2 Å². The molecule has 1 aromatic rings. The Kier molecular flexibility index (Phi) is 6.17. The van der Waals surface area contributed by atoms with E-state index >= 15 is 0 Å². The Bertz CT molecular complexity index is 482. The van der Waals surface area contributed by atoms with Gasteiger partial charge in [0.2, 0.25) is 0 Å². The van der Waals surface area contributed by atoms with Crippen LogP contribution in [0.1, 0.15) is 31.7 Å². The van der Waals surface area contributed by atoms with Gasteiger partial charge in [0.25, 0.3) is 0 Å². The quantitative estimate of drug-likeness (QED) is 0.751. The van der Waals surface area contributed by atoms with Gasteiger partial charge in [-0.2, -0.15) is 5.26 Å². The van der Waals surface area contributed by atoms with Crippen LogP contribution in [0.5, 0.6) is 5.75 Å². The highest BCUT2D eigenvalue weighted by molar-refractivity contribution is 6.31. The van der Waals surface area contributed by atoms with Crippen molar-refractivity contribution >= 4 is 17.6 Å². The van der Waals surface area contributed by atoms with E-state index < -0.39 is 12.1 Å². The fourth-order valence-corrected chi connectivity index (χ4v) is 1.82. The molecule has 0 saturated heterocycles. The predicted molar refractivity (Wildman–Crippen MR) is 72.1 cm³/mol. The van der Waals surface area contributed by atoms with Gasteiger partial charge in [0.05, 0.1) is 12.1 Å². The fourth-order valence-electron chi connectivity index (χ4n) is 1.61. The number of hydrogen-bond acceptors (Lipinski definition) is 4. The monoisotopic (exact) mass is 281 g/mol. The highest BCUT2D eigenvalue weighted by atomic mass is 35.5. The number of methoxy groups -OCH3 is 1. The number of esters is 1. The Morgan fingerprint density at radius 3 is 2.84 bits per heavy atom. The van der Waals surface area contributed by atoms with Gasteiger partial charge in [0, 0.05) is 0 Å². The molecule has 0 N–H and O–H groups in total. The van der Waals surface area contributed by atoms with Crippen LogP contribution in [0, 0.1) is 11.3 Å². The number of carbonyl (C=O) groups is 1. The van der Waals surface area contributed by atoms with E-state index in [-0.39, 0.29) is 5.56 Å². The van der Waals surface area contributed by atoms with Crippen molar-refractivity contribution < 1.29 is 14.3 Å². The minimum Gasteiger partial charge on any atom is -0.477 e. The van der Waals surface area contributed by atoms with Gasteiger partial charge < -0.3 is 9.47 Å². The summed E-state index contributed by atoms with van der Waals surface area (Å²) in [5.74, 6) is -0.140. The van der Waals surface area contributed by atoms with Gasteiger partial charge in [-0.25, -0.2) is 4.79 Å². The fraction of sp³-hybridized carbons (Fsp3) is 0.429. The second-order valence-electron chi connectivity index (χ2n) is 4.00. The average molecular weight is 282 g/mol. The molecule has 0 aliphatic heterocycles. The van der Waals surface area contributed by atoms with Crippen molar-refractivity contribution in [3.63, 3.8) is 0 Å². The molecule has 1 rings (SSSR count). The van der Waals surface area contributed by atoms with E-state index in [4.69, 9.17) is 26.3 Å². The maximum atomic E-state index is 11.6. The molecule has 19 heavy (non-hydrogen) atoms. The van der Waals surface area contributed by atoms with Crippen molar-refractivity contribution in [3.05, 3.63) is 28.8 Å². The first-order chi connectivity index (χ1) is 9.13. The van der Waals surface area contributed by atoms with Gasteiger partial charge in [0.1, 0.15) is 17.4 Å². The van der Waals surface area contributed by atoms with E-state index in [2.05, 4.69) is 0 Å². The lowest BCUT2D eigenvalue weighted by Crippen LogP contribution is -2.28. The van der Waals surface area contributed by atoms with Crippen molar-refractivity contribution in [2.24, 2.45) is 0 Å².